The second-order valence-corrected chi connectivity index (χ2v) is 17.8. The van der Waals surface area contributed by atoms with Gasteiger partial charge in [-0.25, -0.2) is 4.39 Å². The summed E-state index contributed by atoms with van der Waals surface area (Å²) in [7, 11) is 0. The fraction of sp³-hybridized carbons (Fsp3) is 0. The van der Waals surface area contributed by atoms with Gasteiger partial charge in [0.15, 0.2) is 0 Å². The monoisotopic (exact) mass is 897 g/mol. The highest BCUT2D eigenvalue weighted by Crippen LogP contribution is 2.47. The first-order chi connectivity index (χ1) is 34.7. The van der Waals surface area contributed by atoms with Gasteiger partial charge in [-0.05, 0) is 124 Å². The van der Waals surface area contributed by atoms with E-state index in [1.54, 1.807) is 12.1 Å². The number of anilines is 3. The summed E-state index contributed by atoms with van der Waals surface area (Å²) in [5, 5.41) is 5.78. The third kappa shape index (κ3) is 6.96. The predicted molar refractivity (Wildman–Crippen MR) is 292 cm³/mol. The van der Waals surface area contributed by atoms with Crippen molar-refractivity contribution >= 4 is 60.5 Å². The van der Waals surface area contributed by atoms with Gasteiger partial charge >= 0.3 is 0 Å². The zero-order valence-electron chi connectivity index (χ0n) is 38.1. The molecule has 13 aromatic rings. The number of rotatable bonds is 9. The molecule has 4 heteroatoms. The molecule has 0 fully saturated rings. The van der Waals surface area contributed by atoms with Crippen LogP contribution in [0, 0.1) is 5.82 Å². The lowest BCUT2D eigenvalue weighted by Gasteiger charge is -2.26. The smallest absolute Gasteiger partial charge is 0.123 e. The van der Waals surface area contributed by atoms with Gasteiger partial charge in [-0.15, -0.1) is 0 Å². The lowest BCUT2D eigenvalue weighted by atomic mass is 9.94. The molecule has 0 aliphatic carbocycles. The van der Waals surface area contributed by atoms with Gasteiger partial charge in [0, 0.05) is 55.5 Å². The number of para-hydroxylation sites is 2. The van der Waals surface area contributed by atoms with E-state index in [-0.39, 0.29) is 5.82 Å². The minimum absolute atomic E-state index is 0.265. The first-order valence-electron chi connectivity index (χ1n) is 23.8. The van der Waals surface area contributed by atoms with Crippen LogP contribution < -0.4 is 4.90 Å². The number of aromatic nitrogens is 2. The Bertz CT molecular complexity index is 4010. The molecule has 2 aromatic heterocycles. The van der Waals surface area contributed by atoms with Gasteiger partial charge in [0.25, 0.3) is 0 Å². The summed E-state index contributed by atoms with van der Waals surface area (Å²) in [6.07, 6.45) is 0. The Kier molecular flexibility index (Phi) is 10.0. The molecule has 0 aliphatic heterocycles. The van der Waals surface area contributed by atoms with Crippen molar-refractivity contribution in [1.29, 1.82) is 0 Å². The molecule has 3 nitrogen and oxygen atoms in total. The van der Waals surface area contributed by atoms with Crippen LogP contribution >= 0.6 is 0 Å². The number of fused-ring (bicyclic) bond motifs is 6. The van der Waals surface area contributed by atoms with Crippen LogP contribution in [0.1, 0.15) is 0 Å². The topological polar surface area (TPSA) is 13.1 Å². The summed E-state index contributed by atoms with van der Waals surface area (Å²) >= 11 is 0. The van der Waals surface area contributed by atoms with E-state index < -0.39 is 0 Å². The summed E-state index contributed by atoms with van der Waals surface area (Å²) in [6, 6.07) is 93.8. The molecule has 11 aromatic carbocycles. The van der Waals surface area contributed by atoms with Crippen LogP contribution in [-0.2, 0) is 0 Å². The first-order valence-corrected chi connectivity index (χ1v) is 23.8. The fourth-order valence-electron chi connectivity index (χ4n) is 10.6. The molecular weight excluding hydrogens is 854 g/mol. The highest BCUT2D eigenvalue weighted by Gasteiger charge is 2.24. The van der Waals surface area contributed by atoms with Crippen LogP contribution in [0.15, 0.2) is 267 Å². The van der Waals surface area contributed by atoms with Crippen molar-refractivity contribution in [3.63, 3.8) is 0 Å². The molecule has 13 rings (SSSR count). The maximum absolute atomic E-state index is 14.6. The Hall–Kier alpha value is -9.25. The molecule has 0 amide bonds. The summed E-state index contributed by atoms with van der Waals surface area (Å²) in [6.45, 7) is 0. The van der Waals surface area contributed by atoms with E-state index in [0.29, 0.717) is 0 Å². The van der Waals surface area contributed by atoms with Crippen molar-refractivity contribution in [1.82, 2.24) is 9.13 Å². The van der Waals surface area contributed by atoms with Crippen molar-refractivity contribution in [3.05, 3.63) is 273 Å². The molecule has 70 heavy (non-hydrogen) atoms. The SMILES string of the molecule is Fc1ccc(-n2c(-c3ccccc3)c(-c3ccccc3)c3ccc4c(-c5ccc(N(c6ccc(-c7ccccc7)cc6)c6ccc7c(c6)c6ccccc6n7-c6ccccc6)cc5)cccc4c32)cc1. The molecule has 0 spiro atoms. The van der Waals surface area contributed by atoms with Gasteiger partial charge in [-0.2, -0.15) is 0 Å². The minimum atomic E-state index is -0.265. The lowest BCUT2D eigenvalue weighted by molar-refractivity contribution is 0.627. The Morgan fingerprint density at radius 2 is 0.814 bits per heavy atom. The Morgan fingerprint density at radius 3 is 1.50 bits per heavy atom. The van der Waals surface area contributed by atoms with Crippen molar-refractivity contribution in [2.75, 3.05) is 4.90 Å². The largest absolute Gasteiger partial charge is 0.310 e. The van der Waals surface area contributed by atoms with Crippen LogP contribution in [0.3, 0.4) is 0 Å². The third-order valence-electron chi connectivity index (χ3n) is 13.8. The number of hydrogen-bond acceptors (Lipinski definition) is 1. The normalized spacial score (nSPS) is 11.5. The maximum Gasteiger partial charge on any atom is 0.123 e. The number of hydrogen-bond donors (Lipinski definition) is 0. The fourth-order valence-corrected chi connectivity index (χ4v) is 10.6. The molecule has 0 atom stereocenters. The molecule has 0 radical (unpaired) electrons. The van der Waals surface area contributed by atoms with Crippen LogP contribution in [0.25, 0.3) is 99.5 Å². The quantitative estimate of drug-likeness (QED) is 0.141. The standard InChI is InChI=1S/C66H44FN3/c67-50-32-38-54(39-33-50)70-65(49-20-9-3-10-21-49)64(48-18-7-2-8-19-48)60-42-41-57-56(25-15-26-59(57)66(60)70)47-30-36-53(37-31-47)68(52-34-28-46(29-35-52)45-16-5-1-6-17-45)55-40-43-63-61(44-55)58-24-13-14-27-62(58)69(63)51-22-11-4-12-23-51/h1-44H. The average Bonchev–Trinajstić information content (AvgIpc) is 3.96. The van der Waals surface area contributed by atoms with Gasteiger partial charge in [0.1, 0.15) is 5.82 Å². The first kappa shape index (κ1) is 41.0. The summed E-state index contributed by atoms with van der Waals surface area (Å²) in [4.78, 5) is 2.37. The van der Waals surface area contributed by atoms with Gasteiger partial charge in [-0.3, -0.25) is 0 Å². The minimum Gasteiger partial charge on any atom is -0.310 e. The number of halogens is 1. The Balaban J connectivity index is 0.978. The number of benzene rings is 11. The molecule has 2 heterocycles. The molecule has 0 saturated carbocycles. The molecule has 0 unspecified atom stereocenters. The van der Waals surface area contributed by atoms with Crippen molar-refractivity contribution in [3.8, 4) is 56.0 Å². The van der Waals surface area contributed by atoms with Crippen LogP contribution in [-0.4, -0.2) is 9.13 Å². The zero-order valence-corrected chi connectivity index (χ0v) is 38.1. The molecule has 330 valence electrons. The molecular formula is C66H44FN3. The second kappa shape index (κ2) is 17.1. The second-order valence-electron chi connectivity index (χ2n) is 17.8. The molecule has 0 saturated heterocycles. The van der Waals surface area contributed by atoms with E-state index in [2.05, 4.69) is 257 Å². The Morgan fingerprint density at radius 1 is 0.300 bits per heavy atom. The summed E-state index contributed by atoms with van der Waals surface area (Å²) in [5.74, 6) is -0.265. The average molecular weight is 898 g/mol. The van der Waals surface area contributed by atoms with Crippen LogP contribution in [0.4, 0.5) is 21.5 Å². The highest BCUT2D eigenvalue weighted by atomic mass is 19.1. The van der Waals surface area contributed by atoms with Crippen molar-refractivity contribution in [2.24, 2.45) is 0 Å². The predicted octanol–water partition coefficient (Wildman–Crippen LogP) is 18.2. The highest BCUT2D eigenvalue weighted by molar-refractivity contribution is 6.18. The summed E-state index contributed by atoms with van der Waals surface area (Å²) < 4.78 is 19.3. The van der Waals surface area contributed by atoms with E-state index in [1.807, 2.05) is 12.1 Å². The van der Waals surface area contributed by atoms with Crippen molar-refractivity contribution < 1.29 is 4.39 Å². The van der Waals surface area contributed by atoms with Gasteiger partial charge in [0.05, 0.1) is 22.2 Å². The maximum atomic E-state index is 14.6. The summed E-state index contributed by atoms with van der Waals surface area (Å²) in [5.41, 5.74) is 17.7. The van der Waals surface area contributed by atoms with E-state index >= 15 is 0 Å². The zero-order chi connectivity index (χ0) is 46.5. The van der Waals surface area contributed by atoms with Gasteiger partial charge in [0.2, 0.25) is 0 Å². The van der Waals surface area contributed by atoms with Crippen molar-refractivity contribution in [2.45, 2.75) is 0 Å². The van der Waals surface area contributed by atoms with E-state index in [9.17, 15) is 4.39 Å². The third-order valence-corrected chi connectivity index (χ3v) is 13.8. The Labute approximate surface area is 405 Å². The van der Waals surface area contributed by atoms with Gasteiger partial charge in [-0.1, -0.05) is 182 Å². The molecule has 0 bridgehead atoms. The van der Waals surface area contributed by atoms with E-state index in [4.69, 9.17) is 0 Å². The lowest BCUT2D eigenvalue weighted by Crippen LogP contribution is -2.10. The van der Waals surface area contributed by atoms with Crippen LogP contribution in [0.5, 0.6) is 0 Å². The number of nitrogens with zero attached hydrogens (tertiary/aromatic N) is 3. The van der Waals surface area contributed by atoms with Crippen LogP contribution in [0.2, 0.25) is 0 Å². The molecule has 0 N–H and O–H groups in total. The van der Waals surface area contributed by atoms with E-state index in [1.165, 1.54) is 27.4 Å². The van der Waals surface area contributed by atoms with E-state index in [0.717, 1.165) is 89.1 Å². The molecule has 0 aliphatic rings. The van der Waals surface area contributed by atoms with Gasteiger partial charge < -0.3 is 14.0 Å².